The third-order valence-corrected chi connectivity index (χ3v) is 2.20. The van der Waals surface area contributed by atoms with Crippen molar-refractivity contribution in [2.45, 2.75) is 12.5 Å². The maximum absolute atomic E-state index is 9.35. The van der Waals surface area contributed by atoms with Gasteiger partial charge in [0, 0.05) is 26.3 Å². The van der Waals surface area contributed by atoms with Crippen LogP contribution in [0, 0.1) is 0 Å². The lowest BCUT2D eigenvalue weighted by Gasteiger charge is -2.13. The Morgan fingerprint density at radius 1 is 1.29 bits per heavy atom. The highest BCUT2D eigenvalue weighted by Gasteiger charge is 2.02. The van der Waals surface area contributed by atoms with E-state index in [1.165, 1.54) is 0 Å². The van der Waals surface area contributed by atoms with Gasteiger partial charge in [-0.25, -0.2) is 0 Å². The van der Waals surface area contributed by atoms with Crippen molar-refractivity contribution in [3.63, 3.8) is 0 Å². The van der Waals surface area contributed by atoms with Crippen LogP contribution in [0.5, 0.6) is 0 Å². The number of anilines is 1. The fraction of sp³-hybridized carbons (Fsp3) is 0.455. The van der Waals surface area contributed by atoms with Gasteiger partial charge < -0.3 is 15.7 Å². The lowest BCUT2D eigenvalue weighted by Crippen LogP contribution is -2.21. The van der Waals surface area contributed by atoms with Gasteiger partial charge in [-0.05, 0) is 24.1 Å². The van der Waals surface area contributed by atoms with Crippen molar-refractivity contribution >= 4 is 5.69 Å². The molecule has 78 valence electrons. The van der Waals surface area contributed by atoms with Crippen molar-refractivity contribution in [3.05, 3.63) is 29.8 Å². The van der Waals surface area contributed by atoms with E-state index in [0.717, 1.165) is 11.3 Å². The third kappa shape index (κ3) is 3.01. The van der Waals surface area contributed by atoms with Gasteiger partial charge in [0.15, 0.2) is 0 Å². The molecule has 0 bridgehead atoms. The Labute approximate surface area is 85.2 Å². The van der Waals surface area contributed by atoms with Gasteiger partial charge in [-0.1, -0.05) is 12.1 Å². The second-order valence-electron chi connectivity index (χ2n) is 3.65. The summed E-state index contributed by atoms with van der Waals surface area (Å²) in [6.45, 7) is 0.315. The van der Waals surface area contributed by atoms with Crippen LogP contribution >= 0.6 is 0 Å². The summed E-state index contributed by atoms with van der Waals surface area (Å²) in [5.74, 6) is 0. The molecule has 0 saturated heterocycles. The number of nitrogens with two attached hydrogens (primary N) is 1. The SMILES string of the molecule is CN(C)c1ccc(CC(O)CN)cc1. The van der Waals surface area contributed by atoms with Crippen LogP contribution in [0.25, 0.3) is 0 Å². The summed E-state index contributed by atoms with van der Waals surface area (Å²) in [5, 5.41) is 9.35. The van der Waals surface area contributed by atoms with Gasteiger partial charge in [-0.2, -0.15) is 0 Å². The van der Waals surface area contributed by atoms with Crippen LogP contribution in [0.15, 0.2) is 24.3 Å². The Morgan fingerprint density at radius 2 is 1.86 bits per heavy atom. The highest BCUT2D eigenvalue weighted by Crippen LogP contribution is 2.13. The Morgan fingerprint density at radius 3 is 2.29 bits per heavy atom. The monoisotopic (exact) mass is 194 g/mol. The zero-order valence-electron chi connectivity index (χ0n) is 8.77. The first kappa shape index (κ1) is 11.0. The molecule has 0 amide bonds. The van der Waals surface area contributed by atoms with Gasteiger partial charge in [0.25, 0.3) is 0 Å². The molecule has 1 atom stereocenters. The van der Waals surface area contributed by atoms with Gasteiger partial charge in [-0.15, -0.1) is 0 Å². The van der Waals surface area contributed by atoms with Crippen LogP contribution in [-0.4, -0.2) is 31.9 Å². The molecule has 0 heterocycles. The van der Waals surface area contributed by atoms with E-state index in [2.05, 4.69) is 0 Å². The summed E-state index contributed by atoms with van der Waals surface area (Å²) >= 11 is 0. The van der Waals surface area contributed by atoms with Crippen LogP contribution < -0.4 is 10.6 Å². The van der Waals surface area contributed by atoms with E-state index in [0.29, 0.717) is 13.0 Å². The topological polar surface area (TPSA) is 49.5 Å². The van der Waals surface area contributed by atoms with Crippen LogP contribution in [-0.2, 0) is 6.42 Å². The minimum absolute atomic E-state index is 0.315. The van der Waals surface area contributed by atoms with E-state index < -0.39 is 6.10 Å². The summed E-state index contributed by atoms with van der Waals surface area (Å²) in [6, 6.07) is 8.12. The van der Waals surface area contributed by atoms with Gasteiger partial charge in [0.2, 0.25) is 0 Å². The molecule has 0 aliphatic carbocycles. The van der Waals surface area contributed by atoms with Crippen LogP contribution in [0.1, 0.15) is 5.56 Å². The van der Waals surface area contributed by atoms with Gasteiger partial charge in [0.05, 0.1) is 6.10 Å². The van der Waals surface area contributed by atoms with Crippen molar-refractivity contribution in [1.29, 1.82) is 0 Å². The minimum Gasteiger partial charge on any atom is -0.391 e. The number of benzene rings is 1. The molecule has 3 heteroatoms. The molecule has 3 nitrogen and oxygen atoms in total. The van der Waals surface area contributed by atoms with Gasteiger partial charge in [-0.3, -0.25) is 0 Å². The highest BCUT2D eigenvalue weighted by atomic mass is 16.3. The van der Waals surface area contributed by atoms with Gasteiger partial charge >= 0.3 is 0 Å². The van der Waals surface area contributed by atoms with Crippen molar-refractivity contribution in [3.8, 4) is 0 Å². The molecular weight excluding hydrogens is 176 g/mol. The largest absolute Gasteiger partial charge is 0.391 e. The average molecular weight is 194 g/mol. The molecule has 14 heavy (non-hydrogen) atoms. The van der Waals surface area contributed by atoms with E-state index in [1.807, 2.05) is 43.3 Å². The second-order valence-corrected chi connectivity index (χ2v) is 3.65. The molecule has 0 aromatic heterocycles. The average Bonchev–Trinajstić information content (AvgIpc) is 2.18. The summed E-state index contributed by atoms with van der Waals surface area (Å²) in [4.78, 5) is 2.04. The molecule has 1 unspecified atom stereocenters. The number of aliphatic hydroxyl groups is 1. The predicted octanol–water partition coefficient (Wildman–Crippen LogP) is 0.615. The quantitative estimate of drug-likeness (QED) is 0.738. The first-order valence-corrected chi connectivity index (χ1v) is 4.78. The molecule has 1 rings (SSSR count). The highest BCUT2D eigenvalue weighted by molar-refractivity contribution is 5.46. The summed E-state index contributed by atoms with van der Waals surface area (Å²) in [7, 11) is 4.01. The molecule has 1 aromatic carbocycles. The molecule has 0 aliphatic heterocycles. The van der Waals surface area contributed by atoms with Crippen LogP contribution in [0.3, 0.4) is 0 Å². The molecule has 0 fully saturated rings. The first-order chi connectivity index (χ1) is 6.63. The van der Waals surface area contributed by atoms with E-state index >= 15 is 0 Å². The molecule has 0 aliphatic rings. The second kappa shape index (κ2) is 4.98. The molecule has 1 aromatic rings. The smallest absolute Gasteiger partial charge is 0.0702 e. The zero-order valence-corrected chi connectivity index (χ0v) is 8.77. The van der Waals surface area contributed by atoms with Crippen LogP contribution in [0.4, 0.5) is 5.69 Å². The number of rotatable bonds is 4. The standard InChI is InChI=1S/C11H18N2O/c1-13(2)10-5-3-9(4-6-10)7-11(14)8-12/h3-6,11,14H,7-8,12H2,1-2H3. The molecule has 0 saturated carbocycles. The van der Waals surface area contributed by atoms with Crippen LogP contribution in [0.2, 0.25) is 0 Å². The maximum Gasteiger partial charge on any atom is 0.0702 e. The van der Waals surface area contributed by atoms with E-state index in [4.69, 9.17) is 5.73 Å². The fourth-order valence-corrected chi connectivity index (χ4v) is 1.29. The predicted molar refractivity (Wildman–Crippen MR) is 59.5 cm³/mol. The van der Waals surface area contributed by atoms with E-state index in [-0.39, 0.29) is 0 Å². The molecule has 0 radical (unpaired) electrons. The van der Waals surface area contributed by atoms with Crippen molar-refractivity contribution in [1.82, 2.24) is 0 Å². The van der Waals surface area contributed by atoms with Crippen molar-refractivity contribution in [2.24, 2.45) is 5.73 Å². The maximum atomic E-state index is 9.35. The summed E-state index contributed by atoms with van der Waals surface area (Å²) in [5.41, 5.74) is 7.62. The number of aliphatic hydroxyl groups excluding tert-OH is 1. The zero-order chi connectivity index (χ0) is 10.6. The Bertz CT molecular complexity index is 269. The Balaban J connectivity index is 2.64. The third-order valence-electron chi connectivity index (χ3n) is 2.20. The van der Waals surface area contributed by atoms with E-state index in [1.54, 1.807) is 0 Å². The van der Waals surface area contributed by atoms with E-state index in [9.17, 15) is 5.11 Å². The summed E-state index contributed by atoms with van der Waals surface area (Å²) in [6.07, 6.45) is 0.199. The molecular formula is C11H18N2O. The fourth-order valence-electron chi connectivity index (χ4n) is 1.29. The van der Waals surface area contributed by atoms with Crippen molar-refractivity contribution in [2.75, 3.05) is 25.5 Å². The lowest BCUT2D eigenvalue weighted by molar-refractivity contribution is 0.183. The van der Waals surface area contributed by atoms with Crippen molar-refractivity contribution < 1.29 is 5.11 Å². The number of nitrogens with zero attached hydrogens (tertiary/aromatic N) is 1. The first-order valence-electron chi connectivity index (χ1n) is 4.78. The molecule has 3 N–H and O–H groups in total. The summed E-state index contributed by atoms with van der Waals surface area (Å²) < 4.78 is 0. The van der Waals surface area contributed by atoms with Gasteiger partial charge in [0.1, 0.15) is 0 Å². The minimum atomic E-state index is -0.430. The number of hydrogen-bond donors (Lipinski definition) is 2. The number of hydrogen-bond acceptors (Lipinski definition) is 3. The Kier molecular flexibility index (Phi) is 3.92. The Hall–Kier alpha value is -1.06. The lowest BCUT2D eigenvalue weighted by atomic mass is 10.1. The molecule has 0 spiro atoms. The normalized spacial score (nSPS) is 12.6.